The van der Waals surface area contributed by atoms with E-state index in [1.165, 1.54) is 0 Å². The lowest BCUT2D eigenvalue weighted by Gasteiger charge is -2.29. The average Bonchev–Trinajstić information content (AvgIpc) is 2.70. The second-order valence-electron chi connectivity index (χ2n) is 7.97. The van der Waals surface area contributed by atoms with Gasteiger partial charge >= 0.3 is 14.2 Å². The quantitative estimate of drug-likeness (QED) is 0.0874. The van der Waals surface area contributed by atoms with Gasteiger partial charge in [-0.2, -0.15) is 0 Å². The average molecular weight is 522 g/mol. The van der Waals surface area contributed by atoms with E-state index in [1.54, 1.807) is 0 Å². The molecule has 0 fully saturated rings. The van der Waals surface area contributed by atoms with E-state index >= 15 is 0 Å². The van der Waals surface area contributed by atoms with Crippen LogP contribution in [0.15, 0.2) is 0 Å². The minimum absolute atomic E-state index is 0.198. The summed E-state index contributed by atoms with van der Waals surface area (Å²) in [5, 5.41) is -0.405. The van der Waals surface area contributed by atoms with Crippen LogP contribution in [0.25, 0.3) is 0 Å². The van der Waals surface area contributed by atoms with Gasteiger partial charge in [0.2, 0.25) is 0 Å². The molecule has 0 amide bonds. The number of halogens is 4. The van der Waals surface area contributed by atoms with Crippen molar-refractivity contribution in [3.8, 4) is 0 Å². The van der Waals surface area contributed by atoms with Gasteiger partial charge in [0.1, 0.15) is 0 Å². The first-order valence-electron chi connectivity index (χ1n) is 12.0. The Balaban J connectivity index is 5.29. The maximum absolute atomic E-state index is 6.80. The third kappa shape index (κ3) is 18.2. The summed E-state index contributed by atoms with van der Waals surface area (Å²) < 4.78 is 22.7. The van der Waals surface area contributed by atoms with Crippen LogP contribution in [0.5, 0.6) is 0 Å². The highest BCUT2D eigenvalue weighted by molar-refractivity contribution is 6.68. The minimum atomic E-state index is -1.43. The molecular formula is C21H42B2Cl4O4. The summed E-state index contributed by atoms with van der Waals surface area (Å²) in [4.78, 5) is 0. The van der Waals surface area contributed by atoms with Gasteiger partial charge < -0.3 is 18.6 Å². The zero-order chi connectivity index (χ0) is 23.5. The molecule has 0 aliphatic rings. The number of unbranched alkanes of at least 4 members (excludes halogenated alkanes) is 4. The van der Waals surface area contributed by atoms with Gasteiger partial charge in [-0.05, 0) is 44.3 Å². The molecular weight excluding hydrogens is 480 g/mol. The van der Waals surface area contributed by atoms with Gasteiger partial charge in [0, 0.05) is 26.4 Å². The molecule has 0 saturated carbocycles. The van der Waals surface area contributed by atoms with Crippen LogP contribution in [0.4, 0.5) is 0 Å². The van der Waals surface area contributed by atoms with Gasteiger partial charge in [-0.3, -0.25) is 0 Å². The van der Waals surface area contributed by atoms with Crippen molar-refractivity contribution in [2.45, 2.75) is 107 Å². The van der Waals surface area contributed by atoms with Crippen molar-refractivity contribution in [1.29, 1.82) is 0 Å². The molecule has 0 rings (SSSR count). The summed E-state index contributed by atoms with van der Waals surface area (Å²) >= 11 is 25.3. The smallest absolute Gasteiger partial charge is 0.411 e. The molecule has 0 saturated heterocycles. The van der Waals surface area contributed by atoms with Crippen LogP contribution in [0.1, 0.15) is 91.9 Å². The lowest BCUT2D eigenvalue weighted by atomic mass is 9.63. The molecule has 0 N–H and O–H groups in total. The molecule has 0 aromatic carbocycles. The summed E-state index contributed by atoms with van der Waals surface area (Å²) in [6.07, 6.45) is 8.74. The highest BCUT2D eigenvalue weighted by Gasteiger charge is 2.41. The molecule has 0 aliphatic heterocycles. The fourth-order valence-electron chi connectivity index (χ4n) is 2.94. The monoisotopic (exact) mass is 520 g/mol. The third-order valence-corrected chi connectivity index (χ3v) is 5.67. The van der Waals surface area contributed by atoms with Crippen LogP contribution in [0.2, 0.25) is 5.82 Å². The van der Waals surface area contributed by atoms with E-state index in [0.717, 1.165) is 51.4 Å². The van der Waals surface area contributed by atoms with Crippen LogP contribution in [-0.2, 0) is 18.6 Å². The van der Waals surface area contributed by atoms with Crippen LogP contribution < -0.4 is 0 Å². The van der Waals surface area contributed by atoms with Crippen molar-refractivity contribution >= 4 is 60.6 Å². The Morgan fingerprint density at radius 1 is 0.645 bits per heavy atom. The van der Waals surface area contributed by atoms with Crippen LogP contribution >= 0.6 is 46.4 Å². The van der Waals surface area contributed by atoms with Gasteiger partial charge in [-0.1, -0.05) is 88.2 Å². The zero-order valence-electron chi connectivity index (χ0n) is 19.9. The molecule has 0 bridgehead atoms. The summed E-state index contributed by atoms with van der Waals surface area (Å²) in [5.41, 5.74) is 0. The third-order valence-electron chi connectivity index (χ3n) is 4.82. The molecule has 184 valence electrons. The second-order valence-corrected chi connectivity index (χ2v) is 11.0. The fraction of sp³-hybridized carbons (Fsp3) is 1.00. The maximum Gasteiger partial charge on any atom is 0.475 e. The molecule has 2 unspecified atom stereocenters. The minimum Gasteiger partial charge on any atom is -0.411 e. The first-order chi connectivity index (χ1) is 14.8. The number of alkyl halides is 4. The fourth-order valence-corrected chi connectivity index (χ4v) is 3.91. The SMILES string of the molecule is CCCCOB(OCCCC)C(Cl)CC(CC(Cl)(Cl)Cl)B(OCCCC)OCCCC. The van der Waals surface area contributed by atoms with Crippen LogP contribution in [-0.4, -0.2) is 49.7 Å². The van der Waals surface area contributed by atoms with Gasteiger partial charge in [-0.15, -0.1) is 11.6 Å². The van der Waals surface area contributed by atoms with Gasteiger partial charge in [0.05, 0.1) is 5.28 Å². The van der Waals surface area contributed by atoms with Crippen molar-refractivity contribution in [2.75, 3.05) is 26.4 Å². The van der Waals surface area contributed by atoms with E-state index in [9.17, 15) is 0 Å². The maximum atomic E-state index is 6.80. The largest absolute Gasteiger partial charge is 0.475 e. The van der Waals surface area contributed by atoms with Crippen molar-refractivity contribution in [1.82, 2.24) is 0 Å². The van der Waals surface area contributed by atoms with Crippen LogP contribution in [0, 0.1) is 0 Å². The van der Waals surface area contributed by atoms with Crippen molar-refractivity contribution in [3.63, 3.8) is 0 Å². The summed E-state index contributed by atoms with van der Waals surface area (Å²) in [6, 6.07) is 0. The summed E-state index contributed by atoms with van der Waals surface area (Å²) in [6.45, 7) is 10.9. The molecule has 0 aromatic rings. The lowest BCUT2D eigenvalue weighted by Crippen LogP contribution is -2.39. The van der Waals surface area contributed by atoms with E-state index in [-0.39, 0.29) is 12.2 Å². The molecule has 0 aliphatic carbocycles. The van der Waals surface area contributed by atoms with Crippen molar-refractivity contribution in [2.24, 2.45) is 0 Å². The number of hydrogen-bond donors (Lipinski definition) is 0. The van der Waals surface area contributed by atoms with Gasteiger partial charge in [0.25, 0.3) is 0 Å². The highest BCUT2D eigenvalue weighted by atomic mass is 35.6. The molecule has 2 atom stereocenters. The Morgan fingerprint density at radius 2 is 1.00 bits per heavy atom. The van der Waals surface area contributed by atoms with E-state index in [0.29, 0.717) is 32.8 Å². The Kier molecular flexibility index (Phi) is 21.2. The summed E-state index contributed by atoms with van der Waals surface area (Å²) in [7, 11) is -0.994. The predicted molar refractivity (Wildman–Crippen MR) is 138 cm³/mol. The molecule has 0 radical (unpaired) electrons. The van der Waals surface area contributed by atoms with E-state index in [1.807, 2.05) is 0 Å². The molecule has 0 heterocycles. The predicted octanol–water partition coefficient (Wildman–Crippen LogP) is 7.90. The number of rotatable bonds is 21. The molecule has 10 heteroatoms. The molecule has 0 spiro atoms. The Morgan fingerprint density at radius 3 is 1.32 bits per heavy atom. The van der Waals surface area contributed by atoms with Crippen LogP contribution in [0.3, 0.4) is 0 Å². The molecule has 0 aromatic heterocycles. The highest BCUT2D eigenvalue weighted by Crippen LogP contribution is 2.40. The second kappa shape index (κ2) is 20.5. The standard InChI is InChI=1S/C21H42B2Cl4O4/c1-5-9-13-28-22(29-14-10-6-2)19(18-21(25,26)27)17-20(24)23(30-15-11-7-3)31-16-12-8-4/h19-20H,5-18H2,1-4H3. The van der Waals surface area contributed by atoms with Gasteiger partial charge in [0.15, 0.2) is 3.79 Å². The lowest BCUT2D eigenvalue weighted by molar-refractivity contribution is 0.175. The van der Waals surface area contributed by atoms with E-state index < -0.39 is 23.3 Å². The van der Waals surface area contributed by atoms with E-state index in [4.69, 9.17) is 65.0 Å². The number of hydrogen-bond acceptors (Lipinski definition) is 4. The Bertz CT molecular complexity index is 386. The zero-order valence-corrected chi connectivity index (χ0v) is 22.9. The molecule has 31 heavy (non-hydrogen) atoms. The van der Waals surface area contributed by atoms with E-state index in [2.05, 4.69) is 27.7 Å². The molecule has 4 nitrogen and oxygen atoms in total. The van der Waals surface area contributed by atoms with Crippen molar-refractivity contribution < 1.29 is 18.6 Å². The van der Waals surface area contributed by atoms with Gasteiger partial charge in [-0.25, -0.2) is 0 Å². The Hall–Kier alpha value is 1.13. The summed E-state index contributed by atoms with van der Waals surface area (Å²) in [5.74, 6) is -0.198. The topological polar surface area (TPSA) is 36.9 Å². The Labute approximate surface area is 211 Å². The first-order valence-corrected chi connectivity index (χ1v) is 13.5. The van der Waals surface area contributed by atoms with Crippen molar-refractivity contribution in [3.05, 3.63) is 0 Å². The normalized spacial score (nSPS) is 13.9. The first kappa shape index (κ1) is 32.1.